The minimum Gasteiger partial charge on any atom is -0.396 e. The third-order valence-electron chi connectivity index (χ3n) is 2.21. The number of nitrogens with zero attached hydrogens (tertiary/aromatic N) is 1. The molecule has 1 aromatic heterocycles. The van der Waals surface area contributed by atoms with Gasteiger partial charge in [0.05, 0.1) is 5.51 Å². The molecule has 1 aromatic rings. The minimum absolute atomic E-state index is 0.279. The predicted molar refractivity (Wildman–Crippen MR) is 59.4 cm³/mol. The molecule has 0 aliphatic carbocycles. The largest absolute Gasteiger partial charge is 0.396 e. The van der Waals surface area contributed by atoms with Crippen LogP contribution in [0.4, 0.5) is 0 Å². The van der Waals surface area contributed by atoms with Crippen molar-refractivity contribution in [3.05, 3.63) is 16.6 Å². The van der Waals surface area contributed by atoms with Crippen LogP contribution >= 0.6 is 11.3 Å². The van der Waals surface area contributed by atoms with Crippen LogP contribution in [0.2, 0.25) is 0 Å². The third kappa shape index (κ3) is 3.74. The van der Waals surface area contributed by atoms with Gasteiger partial charge in [0, 0.05) is 29.8 Å². The first-order valence-electron chi connectivity index (χ1n) is 4.99. The second-order valence-corrected chi connectivity index (χ2v) is 4.48. The summed E-state index contributed by atoms with van der Waals surface area (Å²) in [5.41, 5.74) is 1.85. The van der Waals surface area contributed by atoms with E-state index in [1.807, 2.05) is 11.7 Å². The van der Waals surface area contributed by atoms with Crippen molar-refractivity contribution < 1.29 is 5.11 Å². The molecule has 0 aromatic carbocycles. The van der Waals surface area contributed by atoms with Crippen LogP contribution in [0.1, 0.15) is 37.6 Å². The van der Waals surface area contributed by atoms with Crippen molar-refractivity contribution in [1.29, 1.82) is 0 Å². The molecule has 1 rings (SSSR count). The Labute approximate surface area is 89.2 Å². The summed E-state index contributed by atoms with van der Waals surface area (Å²) in [6.45, 7) is 4.57. The second-order valence-electron chi connectivity index (χ2n) is 3.56. The summed E-state index contributed by atoms with van der Waals surface area (Å²) in [5, 5.41) is 12.2. The van der Waals surface area contributed by atoms with Crippen molar-refractivity contribution in [3.8, 4) is 0 Å². The van der Waals surface area contributed by atoms with E-state index in [2.05, 4.69) is 24.1 Å². The highest BCUT2D eigenvalue weighted by atomic mass is 32.1. The number of aliphatic hydroxyl groups excluding tert-OH is 1. The molecule has 0 amide bonds. The number of thiazole rings is 1. The lowest BCUT2D eigenvalue weighted by atomic mass is 10.1. The molecule has 3 nitrogen and oxygen atoms in total. The Balaban J connectivity index is 2.29. The molecule has 4 heteroatoms. The van der Waals surface area contributed by atoms with Gasteiger partial charge >= 0.3 is 0 Å². The summed E-state index contributed by atoms with van der Waals surface area (Å²) in [6.07, 6.45) is 3.78. The Bertz CT molecular complexity index is 238. The van der Waals surface area contributed by atoms with E-state index in [0.29, 0.717) is 12.1 Å². The van der Waals surface area contributed by atoms with Crippen molar-refractivity contribution in [2.75, 3.05) is 6.61 Å². The molecule has 0 spiro atoms. The molecule has 1 heterocycles. The molecule has 2 N–H and O–H groups in total. The van der Waals surface area contributed by atoms with Crippen LogP contribution in [0.15, 0.2) is 11.7 Å². The van der Waals surface area contributed by atoms with Gasteiger partial charge in [0.2, 0.25) is 0 Å². The number of aliphatic hydroxyl groups is 1. The second kappa shape index (κ2) is 6.11. The van der Waals surface area contributed by atoms with E-state index in [9.17, 15) is 0 Å². The Morgan fingerprint density at radius 3 is 2.93 bits per heavy atom. The quantitative estimate of drug-likeness (QED) is 0.761. The maximum absolute atomic E-state index is 8.70. The SMILES string of the molecule is CC(CCCO)NC(C)c1cncs1. The average Bonchev–Trinajstić information content (AvgIpc) is 2.67. The van der Waals surface area contributed by atoms with Crippen LogP contribution in [0.5, 0.6) is 0 Å². The fourth-order valence-corrected chi connectivity index (χ4v) is 2.07. The normalized spacial score (nSPS) is 15.4. The van der Waals surface area contributed by atoms with E-state index in [0.717, 1.165) is 12.8 Å². The molecule has 0 aliphatic heterocycles. The van der Waals surface area contributed by atoms with Gasteiger partial charge in [-0.3, -0.25) is 4.98 Å². The highest BCUT2D eigenvalue weighted by molar-refractivity contribution is 7.09. The fourth-order valence-electron chi connectivity index (χ4n) is 1.43. The first-order chi connectivity index (χ1) is 6.74. The molecule has 2 atom stereocenters. The topological polar surface area (TPSA) is 45.1 Å². The number of hydrogen-bond donors (Lipinski definition) is 2. The highest BCUT2D eigenvalue weighted by Gasteiger charge is 2.09. The lowest BCUT2D eigenvalue weighted by molar-refractivity contribution is 0.274. The predicted octanol–water partition coefficient (Wildman–Crippen LogP) is 1.95. The Morgan fingerprint density at radius 2 is 2.36 bits per heavy atom. The molecule has 14 heavy (non-hydrogen) atoms. The highest BCUT2D eigenvalue weighted by Crippen LogP contribution is 2.17. The van der Waals surface area contributed by atoms with Gasteiger partial charge in [-0.25, -0.2) is 0 Å². The van der Waals surface area contributed by atoms with Crippen molar-refractivity contribution in [2.24, 2.45) is 0 Å². The molecule has 0 saturated heterocycles. The molecule has 0 saturated carbocycles. The molecular weight excluding hydrogens is 196 g/mol. The summed E-state index contributed by atoms with van der Waals surface area (Å²) in [5.74, 6) is 0. The van der Waals surface area contributed by atoms with Gasteiger partial charge in [0.15, 0.2) is 0 Å². The maximum Gasteiger partial charge on any atom is 0.0794 e. The average molecular weight is 214 g/mol. The summed E-state index contributed by atoms with van der Waals surface area (Å²) >= 11 is 1.67. The molecule has 0 bridgehead atoms. The number of aromatic nitrogens is 1. The number of hydrogen-bond acceptors (Lipinski definition) is 4. The van der Waals surface area contributed by atoms with Gasteiger partial charge in [-0.05, 0) is 26.7 Å². The van der Waals surface area contributed by atoms with Gasteiger partial charge in [0.1, 0.15) is 0 Å². The van der Waals surface area contributed by atoms with E-state index in [4.69, 9.17) is 5.11 Å². The zero-order valence-electron chi connectivity index (χ0n) is 8.73. The van der Waals surface area contributed by atoms with Gasteiger partial charge in [0.25, 0.3) is 0 Å². The lowest BCUT2D eigenvalue weighted by Gasteiger charge is -2.18. The molecule has 0 fully saturated rings. The Morgan fingerprint density at radius 1 is 1.57 bits per heavy atom. The van der Waals surface area contributed by atoms with Crippen LogP contribution in [0.25, 0.3) is 0 Å². The van der Waals surface area contributed by atoms with E-state index in [1.165, 1.54) is 4.88 Å². The maximum atomic E-state index is 8.70. The minimum atomic E-state index is 0.279. The van der Waals surface area contributed by atoms with Crippen LogP contribution in [-0.2, 0) is 0 Å². The van der Waals surface area contributed by atoms with Crippen molar-refractivity contribution in [3.63, 3.8) is 0 Å². The summed E-state index contributed by atoms with van der Waals surface area (Å²) in [6, 6.07) is 0.801. The molecular formula is C10H18N2OS. The Hall–Kier alpha value is -0.450. The summed E-state index contributed by atoms with van der Waals surface area (Å²) < 4.78 is 0. The van der Waals surface area contributed by atoms with Gasteiger partial charge in [-0.2, -0.15) is 0 Å². The molecule has 2 unspecified atom stereocenters. The fraction of sp³-hybridized carbons (Fsp3) is 0.700. The first-order valence-corrected chi connectivity index (χ1v) is 5.87. The molecule has 0 aliphatic rings. The van der Waals surface area contributed by atoms with Crippen LogP contribution in [0.3, 0.4) is 0 Å². The van der Waals surface area contributed by atoms with Gasteiger partial charge < -0.3 is 10.4 Å². The lowest BCUT2D eigenvalue weighted by Crippen LogP contribution is -2.28. The standard InChI is InChI=1S/C10H18N2OS/c1-8(4-3-5-13)12-9(2)10-6-11-7-14-10/h6-9,12-13H,3-5H2,1-2H3. The van der Waals surface area contributed by atoms with Gasteiger partial charge in [-0.1, -0.05) is 0 Å². The number of nitrogens with one attached hydrogen (secondary N) is 1. The van der Waals surface area contributed by atoms with E-state index < -0.39 is 0 Å². The van der Waals surface area contributed by atoms with Crippen LogP contribution in [-0.4, -0.2) is 22.7 Å². The molecule has 0 radical (unpaired) electrons. The molecule has 80 valence electrons. The zero-order valence-corrected chi connectivity index (χ0v) is 9.55. The van der Waals surface area contributed by atoms with Crippen LogP contribution in [0, 0.1) is 0 Å². The Kier molecular flexibility index (Phi) is 5.07. The smallest absolute Gasteiger partial charge is 0.0794 e. The summed E-state index contributed by atoms with van der Waals surface area (Å²) in [4.78, 5) is 5.32. The zero-order chi connectivity index (χ0) is 10.4. The van der Waals surface area contributed by atoms with Crippen molar-refractivity contribution in [2.45, 2.75) is 38.8 Å². The first kappa shape index (κ1) is 11.6. The van der Waals surface area contributed by atoms with Crippen molar-refractivity contribution >= 4 is 11.3 Å². The number of rotatable bonds is 6. The van der Waals surface area contributed by atoms with Gasteiger partial charge in [-0.15, -0.1) is 11.3 Å². The van der Waals surface area contributed by atoms with E-state index in [-0.39, 0.29) is 6.61 Å². The van der Waals surface area contributed by atoms with E-state index >= 15 is 0 Å². The van der Waals surface area contributed by atoms with Crippen LogP contribution < -0.4 is 5.32 Å². The summed E-state index contributed by atoms with van der Waals surface area (Å²) in [7, 11) is 0. The van der Waals surface area contributed by atoms with E-state index in [1.54, 1.807) is 11.3 Å². The monoisotopic (exact) mass is 214 g/mol. The third-order valence-corrected chi connectivity index (χ3v) is 3.17. The van der Waals surface area contributed by atoms with Crippen molar-refractivity contribution in [1.82, 2.24) is 10.3 Å².